The predicted octanol–water partition coefficient (Wildman–Crippen LogP) is 3.31. The Balaban J connectivity index is 2.28. The Kier molecular flexibility index (Phi) is 3.28. The molecule has 0 saturated carbocycles. The maximum Gasteiger partial charge on any atom is 0.277 e. The molecule has 0 bridgehead atoms. The van der Waals surface area contributed by atoms with Crippen molar-refractivity contribution >= 4 is 27.5 Å². The van der Waals surface area contributed by atoms with Crippen molar-refractivity contribution in [1.29, 1.82) is 0 Å². The lowest BCUT2D eigenvalue weighted by Gasteiger charge is -2.11. The van der Waals surface area contributed by atoms with Crippen LogP contribution in [0.25, 0.3) is 0 Å². The molecule has 1 amide bonds. The quantitative estimate of drug-likeness (QED) is 0.924. The second kappa shape index (κ2) is 4.71. The lowest BCUT2D eigenvalue weighted by atomic mass is 10.1. The molecule has 0 fully saturated rings. The molecule has 0 atom stereocenters. The molecule has 0 unspecified atom stereocenters. The third-order valence-electron chi connectivity index (χ3n) is 2.41. The molecule has 5 heteroatoms. The first kappa shape index (κ1) is 11.9. The van der Waals surface area contributed by atoms with Gasteiger partial charge in [0.2, 0.25) is 0 Å². The second-order valence-corrected chi connectivity index (χ2v) is 4.67. The van der Waals surface area contributed by atoms with Crippen LogP contribution in [0.5, 0.6) is 0 Å². The lowest BCUT2D eigenvalue weighted by molar-refractivity contribution is 0.101. The van der Waals surface area contributed by atoms with Crippen LogP contribution in [-0.4, -0.2) is 11.1 Å². The summed E-state index contributed by atoms with van der Waals surface area (Å²) in [6.07, 6.45) is 1.37. The third-order valence-corrected chi connectivity index (χ3v) is 2.86. The first-order chi connectivity index (χ1) is 8.08. The van der Waals surface area contributed by atoms with Crippen molar-refractivity contribution in [3.05, 3.63) is 45.8 Å². The fourth-order valence-corrected chi connectivity index (χ4v) is 2.30. The molecule has 0 aliphatic rings. The summed E-state index contributed by atoms with van der Waals surface area (Å²) in [7, 11) is 0. The molecule has 1 heterocycles. The van der Waals surface area contributed by atoms with E-state index in [0.717, 1.165) is 21.3 Å². The lowest BCUT2D eigenvalue weighted by Crippen LogP contribution is -2.14. The molecule has 0 spiro atoms. The van der Waals surface area contributed by atoms with E-state index in [2.05, 4.69) is 30.9 Å². The van der Waals surface area contributed by atoms with E-state index in [1.807, 2.05) is 26.0 Å². The molecule has 0 saturated heterocycles. The van der Waals surface area contributed by atoms with Crippen molar-refractivity contribution in [1.82, 2.24) is 5.16 Å². The van der Waals surface area contributed by atoms with Gasteiger partial charge in [0.05, 0.1) is 0 Å². The number of halogens is 1. The van der Waals surface area contributed by atoms with Crippen LogP contribution in [0, 0.1) is 13.8 Å². The summed E-state index contributed by atoms with van der Waals surface area (Å²) in [6.45, 7) is 3.88. The molecule has 4 nitrogen and oxygen atoms in total. The van der Waals surface area contributed by atoms with Crippen LogP contribution in [0.4, 0.5) is 5.69 Å². The highest BCUT2D eigenvalue weighted by Crippen LogP contribution is 2.25. The number of amides is 1. The number of aromatic nitrogens is 1. The van der Waals surface area contributed by atoms with Gasteiger partial charge >= 0.3 is 0 Å². The number of nitrogens with zero attached hydrogens (tertiary/aromatic N) is 1. The Morgan fingerprint density at radius 2 is 2.00 bits per heavy atom. The Morgan fingerprint density at radius 1 is 1.35 bits per heavy atom. The van der Waals surface area contributed by atoms with Gasteiger partial charge in [0.1, 0.15) is 6.26 Å². The summed E-state index contributed by atoms with van der Waals surface area (Å²) in [4.78, 5) is 11.8. The van der Waals surface area contributed by atoms with Gasteiger partial charge in [-0.15, -0.1) is 0 Å². The van der Waals surface area contributed by atoms with Crippen LogP contribution in [0.15, 0.2) is 33.5 Å². The first-order valence-corrected chi connectivity index (χ1v) is 5.85. The molecule has 1 aromatic carbocycles. The van der Waals surface area contributed by atoms with E-state index < -0.39 is 0 Å². The molecule has 1 aromatic heterocycles. The maximum absolute atomic E-state index is 11.8. The summed E-state index contributed by atoms with van der Waals surface area (Å²) in [5.74, 6) is -0.271. The smallest absolute Gasteiger partial charge is 0.277 e. The number of carbonyl (C=O) groups excluding carboxylic acids is 1. The van der Waals surface area contributed by atoms with Crippen molar-refractivity contribution in [2.45, 2.75) is 13.8 Å². The average Bonchev–Trinajstić information content (AvgIpc) is 2.76. The maximum atomic E-state index is 11.8. The number of benzene rings is 1. The number of rotatable bonds is 2. The number of carbonyl (C=O) groups is 1. The van der Waals surface area contributed by atoms with Crippen molar-refractivity contribution < 1.29 is 9.32 Å². The number of aryl methyl sites for hydroxylation is 2. The van der Waals surface area contributed by atoms with E-state index >= 15 is 0 Å². The van der Waals surface area contributed by atoms with Crippen LogP contribution in [-0.2, 0) is 0 Å². The molecular weight excluding hydrogens is 284 g/mol. The zero-order chi connectivity index (χ0) is 12.4. The molecule has 2 aromatic rings. The zero-order valence-corrected chi connectivity index (χ0v) is 11.0. The van der Waals surface area contributed by atoms with Crippen molar-refractivity contribution in [3.63, 3.8) is 0 Å². The molecular formula is C12H11BrN2O2. The zero-order valence-electron chi connectivity index (χ0n) is 9.45. The minimum absolute atomic E-state index is 0.270. The molecule has 0 radical (unpaired) electrons. The summed E-state index contributed by atoms with van der Waals surface area (Å²) in [6, 6.07) is 5.43. The topological polar surface area (TPSA) is 55.1 Å². The van der Waals surface area contributed by atoms with Crippen molar-refractivity contribution in [2.75, 3.05) is 5.32 Å². The van der Waals surface area contributed by atoms with E-state index in [0.29, 0.717) is 0 Å². The number of hydrogen-bond acceptors (Lipinski definition) is 3. The van der Waals surface area contributed by atoms with Crippen LogP contribution < -0.4 is 5.32 Å². The van der Waals surface area contributed by atoms with Crippen LogP contribution >= 0.6 is 15.9 Å². The minimum atomic E-state index is -0.271. The van der Waals surface area contributed by atoms with Crippen LogP contribution in [0.2, 0.25) is 0 Å². The SMILES string of the molecule is Cc1cc(Br)cc(C)c1NC(=O)c1ccon1. The summed E-state index contributed by atoms with van der Waals surface area (Å²) < 4.78 is 5.63. The van der Waals surface area contributed by atoms with Gasteiger partial charge in [-0.25, -0.2) is 0 Å². The van der Waals surface area contributed by atoms with Gasteiger partial charge in [-0.05, 0) is 37.1 Å². The monoisotopic (exact) mass is 294 g/mol. The highest BCUT2D eigenvalue weighted by Gasteiger charge is 2.12. The minimum Gasteiger partial charge on any atom is -0.364 e. The van der Waals surface area contributed by atoms with E-state index in [4.69, 9.17) is 0 Å². The van der Waals surface area contributed by atoms with Gasteiger partial charge in [-0.2, -0.15) is 0 Å². The normalized spacial score (nSPS) is 10.3. The van der Waals surface area contributed by atoms with Gasteiger partial charge in [-0.1, -0.05) is 21.1 Å². The van der Waals surface area contributed by atoms with Crippen LogP contribution in [0.1, 0.15) is 21.6 Å². The summed E-state index contributed by atoms with van der Waals surface area (Å²) >= 11 is 3.41. The number of hydrogen-bond donors (Lipinski definition) is 1. The highest BCUT2D eigenvalue weighted by atomic mass is 79.9. The van der Waals surface area contributed by atoms with Gasteiger partial charge in [0.25, 0.3) is 5.91 Å². The number of nitrogens with one attached hydrogen (secondary N) is 1. The van der Waals surface area contributed by atoms with E-state index in [1.165, 1.54) is 12.3 Å². The highest BCUT2D eigenvalue weighted by molar-refractivity contribution is 9.10. The molecule has 0 aliphatic carbocycles. The average molecular weight is 295 g/mol. The van der Waals surface area contributed by atoms with Gasteiger partial charge in [-0.3, -0.25) is 4.79 Å². The predicted molar refractivity (Wildman–Crippen MR) is 68.1 cm³/mol. The van der Waals surface area contributed by atoms with Gasteiger partial charge in [0, 0.05) is 16.2 Å². The molecule has 0 aliphatic heterocycles. The first-order valence-electron chi connectivity index (χ1n) is 5.06. The standard InChI is InChI=1S/C12H11BrN2O2/c1-7-5-9(13)6-8(2)11(7)14-12(16)10-3-4-17-15-10/h3-6H,1-2H3,(H,14,16). The van der Waals surface area contributed by atoms with Crippen molar-refractivity contribution in [3.8, 4) is 0 Å². The largest absolute Gasteiger partial charge is 0.364 e. The van der Waals surface area contributed by atoms with Crippen LogP contribution in [0.3, 0.4) is 0 Å². The fourth-order valence-electron chi connectivity index (χ4n) is 1.62. The van der Waals surface area contributed by atoms with E-state index in [1.54, 1.807) is 0 Å². The number of anilines is 1. The van der Waals surface area contributed by atoms with Gasteiger partial charge in [0.15, 0.2) is 5.69 Å². The van der Waals surface area contributed by atoms with Gasteiger partial charge < -0.3 is 9.84 Å². The second-order valence-electron chi connectivity index (χ2n) is 3.75. The molecule has 2 rings (SSSR count). The molecule has 88 valence electrons. The fraction of sp³-hybridized carbons (Fsp3) is 0.167. The third kappa shape index (κ3) is 2.55. The Labute approximate surface area is 107 Å². The summed E-state index contributed by atoms with van der Waals surface area (Å²) in [5, 5.41) is 6.42. The summed E-state index contributed by atoms with van der Waals surface area (Å²) in [5.41, 5.74) is 3.07. The Hall–Kier alpha value is -1.62. The Bertz CT molecular complexity index is 527. The Morgan fingerprint density at radius 3 is 2.53 bits per heavy atom. The molecule has 17 heavy (non-hydrogen) atoms. The van der Waals surface area contributed by atoms with E-state index in [-0.39, 0.29) is 11.6 Å². The molecule has 1 N–H and O–H groups in total. The van der Waals surface area contributed by atoms with E-state index in [9.17, 15) is 4.79 Å². The van der Waals surface area contributed by atoms with Crippen molar-refractivity contribution in [2.24, 2.45) is 0 Å².